The fraction of sp³-hybridized carbons (Fsp3) is 0. The maximum absolute atomic E-state index is 10.2. The van der Waals surface area contributed by atoms with Gasteiger partial charge in [0.2, 0.25) is 0 Å². The van der Waals surface area contributed by atoms with Crippen LogP contribution in [0.4, 0.5) is 0 Å². The van der Waals surface area contributed by atoms with Crippen molar-refractivity contribution in [1.29, 1.82) is 5.26 Å². The minimum atomic E-state index is 0.503. The van der Waals surface area contributed by atoms with Crippen LogP contribution in [0.2, 0.25) is 0 Å². The Morgan fingerprint density at radius 3 is 1.46 bits per heavy atom. The molecule has 0 unspecified atom stereocenters. The van der Waals surface area contributed by atoms with Crippen molar-refractivity contribution in [2.75, 3.05) is 0 Å². The topological polar surface area (TPSA) is 88.2 Å². The van der Waals surface area contributed by atoms with Gasteiger partial charge in [-0.2, -0.15) is 5.26 Å². The van der Waals surface area contributed by atoms with E-state index in [1.165, 1.54) is 0 Å². The molecule has 0 atom stereocenters. The van der Waals surface area contributed by atoms with E-state index in [4.69, 9.17) is 24.9 Å². The monoisotopic (exact) mass is 690 g/mol. The van der Waals surface area contributed by atoms with Gasteiger partial charge in [-0.3, -0.25) is 0 Å². The summed E-state index contributed by atoms with van der Waals surface area (Å²) >= 11 is 0. The van der Waals surface area contributed by atoms with Crippen LogP contribution in [0.25, 0.3) is 90.0 Å². The Kier molecular flexibility index (Phi) is 8.48. The third-order valence-electron chi connectivity index (χ3n) is 9.43. The second kappa shape index (κ2) is 14.2. The predicted octanol–water partition coefficient (Wildman–Crippen LogP) is 11.4. The first-order valence-corrected chi connectivity index (χ1v) is 17.7. The van der Waals surface area contributed by atoms with Crippen LogP contribution in [-0.2, 0) is 0 Å². The van der Waals surface area contributed by atoms with Crippen molar-refractivity contribution in [3.63, 3.8) is 0 Å². The molecule has 0 N–H and O–H groups in total. The molecule has 0 spiro atoms. The highest BCUT2D eigenvalue weighted by Crippen LogP contribution is 2.41. The molecule has 6 heteroatoms. The van der Waals surface area contributed by atoms with Gasteiger partial charge in [0.25, 0.3) is 0 Å². The first-order chi connectivity index (χ1) is 26.7. The molecule has 6 nitrogen and oxygen atoms in total. The minimum absolute atomic E-state index is 0.503. The van der Waals surface area contributed by atoms with Crippen molar-refractivity contribution in [3.05, 3.63) is 188 Å². The van der Waals surface area contributed by atoms with E-state index in [-0.39, 0.29) is 0 Å². The van der Waals surface area contributed by atoms with Crippen LogP contribution in [-0.4, -0.2) is 24.9 Å². The zero-order chi connectivity index (χ0) is 36.3. The number of hydrogen-bond acceptors (Lipinski definition) is 6. The molecule has 0 radical (unpaired) electrons. The molecule has 252 valence electrons. The Bertz CT molecular complexity index is 2770. The molecule has 0 saturated carbocycles. The van der Waals surface area contributed by atoms with Crippen LogP contribution in [0.15, 0.2) is 182 Å². The molecule has 9 aromatic rings. The largest absolute Gasteiger partial charge is 0.228 e. The zero-order valence-electron chi connectivity index (χ0n) is 29.0. The molecule has 0 saturated heterocycles. The number of hydrogen-bond donors (Lipinski definition) is 0. The van der Waals surface area contributed by atoms with Crippen LogP contribution in [0.1, 0.15) is 5.56 Å². The van der Waals surface area contributed by atoms with Crippen molar-refractivity contribution in [2.24, 2.45) is 0 Å². The molecule has 0 aliphatic rings. The third kappa shape index (κ3) is 6.17. The van der Waals surface area contributed by atoms with E-state index in [1.54, 1.807) is 0 Å². The van der Waals surface area contributed by atoms with Gasteiger partial charge in [0.1, 0.15) is 0 Å². The number of para-hydroxylation sites is 1. The van der Waals surface area contributed by atoms with Gasteiger partial charge in [-0.1, -0.05) is 164 Å². The average Bonchev–Trinajstić information content (AvgIpc) is 3.26. The Hall–Kier alpha value is -7.62. The van der Waals surface area contributed by atoms with Gasteiger partial charge in [-0.15, -0.1) is 0 Å². The van der Waals surface area contributed by atoms with Crippen molar-refractivity contribution in [3.8, 4) is 85.1 Å². The molecule has 54 heavy (non-hydrogen) atoms. The third-order valence-corrected chi connectivity index (χ3v) is 9.43. The quantitative estimate of drug-likeness (QED) is 0.165. The second-order valence-electron chi connectivity index (χ2n) is 12.8. The Morgan fingerprint density at radius 2 is 0.833 bits per heavy atom. The highest BCUT2D eigenvalue weighted by Gasteiger charge is 2.20. The lowest BCUT2D eigenvalue weighted by Gasteiger charge is -2.17. The predicted molar refractivity (Wildman–Crippen MR) is 216 cm³/mol. The van der Waals surface area contributed by atoms with Gasteiger partial charge in [0.05, 0.1) is 22.8 Å². The van der Waals surface area contributed by atoms with Gasteiger partial charge in [0, 0.05) is 38.8 Å². The summed E-state index contributed by atoms with van der Waals surface area (Å²) in [6, 6.07) is 62.7. The Morgan fingerprint density at radius 1 is 0.333 bits per heavy atom. The summed E-state index contributed by atoms with van der Waals surface area (Å²) in [6.45, 7) is 0. The summed E-state index contributed by atoms with van der Waals surface area (Å²) in [5.41, 5.74) is 10.3. The number of benzene rings is 7. The molecule has 0 bridgehead atoms. The number of rotatable bonds is 7. The van der Waals surface area contributed by atoms with E-state index in [1.807, 2.05) is 146 Å². The summed E-state index contributed by atoms with van der Waals surface area (Å²) in [7, 11) is 0. The molecular weight excluding hydrogens is 661 g/mol. The highest BCUT2D eigenvalue weighted by atomic mass is 15.0. The minimum Gasteiger partial charge on any atom is -0.228 e. The van der Waals surface area contributed by atoms with Crippen molar-refractivity contribution in [1.82, 2.24) is 24.9 Å². The number of fused-ring (bicyclic) bond motifs is 1. The first-order valence-electron chi connectivity index (χ1n) is 17.7. The average molecular weight is 691 g/mol. The summed E-state index contributed by atoms with van der Waals surface area (Å²) in [6.07, 6.45) is 0. The molecule has 0 fully saturated rings. The summed E-state index contributed by atoms with van der Waals surface area (Å²) in [4.78, 5) is 25.3. The van der Waals surface area contributed by atoms with Crippen LogP contribution in [0.3, 0.4) is 0 Å². The number of nitrogens with zero attached hydrogens (tertiary/aromatic N) is 6. The number of aromatic nitrogens is 5. The Labute approximate surface area is 312 Å². The van der Waals surface area contributed by atoms with Crippen LogP contribution >= 0.6 is 0 Å². The van der Waals surface area contributed by atoms with E-state index >= 15 is 0 Å². The fourth-order valence-corrected chi connectivity index (χ4v) is 6.82. The number of nitriles is 1. The summed E-state index contributed by atoms with van der Waals surface area (Å²) in [5, 5.41) is 11.2. The van der Waals surface area contributed by atoms with Crippen LogP contribution < -0.4 is 0 Å². The summed E-state index contributed by atoms with van der Waals surface area (Å²) < 4.78 is 0. The van der Waals surface area contributed by atoms with Crippen molar-refractivity contribution < 1.29 is 0 Å². The molecule has 2 heterocycles. The fourth-order valence-electron chi connectivity index (χ4n) is 6.82. The Balaban J connectivity index is 1.30. The second-order valence-corrected chi connectivity index (χ2v) is 12.8. The first kappa shape index (κ1) is 32.3. The van der Waals surface area contributed by atoms with Gasteiger partial charge in [-0.25, -0.2) is 24.9 Å². The summed E-state index contributed by atoms with van der Waals surface area (Å²) in [5.74, 6) is 2.29. The highest BCUT2D eigenvalue weighted by molar-refractivity contribution is 5.99. The van der Waals surface area contributed by atoms with E-state index < -0.39 is 0 Å². The van der Waals surface area contributed by atoms with Crippen molar-refractivity contribution >= 4 is 10.9 Å². The normalized spacial score (nSPS) is 10.9. The van der Waals surface area contributed by atoms with E-state index in [9.17, 15) is 5.26 Å². The van der Waals surface area contributed by atoms with E-state index in [0.29, 0.717) is 28.9 Å². The lowest BCUT2D eigenvalue weighted by Crippen LogP contribution is -2.02. The maximum Gasteiger partial charge on any atom is 0.164 e. The van der Waals surface area contributed by atoms with Crippen molar-refractivity contribution in [2.45, 2.75) is 0 Å². The smallest absolute Gasteiger partial charge is 0.164 e. The van der Waals surface area contributed by atoms with Gasteiger partial charge >= 0.3 is 0 Å². The molecule has 0 aliphatic carbocycles. The molecular formula is C48H30N6. The van der Waals surface area contributed by atoms with Crippen LogP contribution in [0, 0.1) is 11.3 Å². The van der Waals surface area contributed by atoms with Gasteiger partial charge < -0.3 is 0 Å². The molecule has 2 aromatic heterocycles. The molecule has 7 aromatic carbocycles. The van der Waals surface area contributed by atoms with E-state index in [0.717, 1.165) is 66.7 Å². The molecule has 9 rings (SSSR count). The van der Waals surface area contributed by atoms with Crippen LogP contribution in [0.5, 0.6) is 0 Å². The molecule has 0 amide bonds. The van der Waals surface area contributed by atoms with Gasteiger partial charge in [-0.05, 0) is 34.9 Å². The standard InChI is InChI=1S/C48H30N6/c49-31-36-22-10-11-24-38(36)39-29-28-35(30-42(39)48-53-46(33-18-6-2-7-19-33)52-47(54-48)34-20-8-3-9-21-34)37-23-12-13-25-40(37)44-41-26-14-15-27-43(41)50-45(51-44)32-16-4-1-5-17-32/h1-30H. The maximum atomic E-state index is 10.2. The van der Waals surface area contributed by atoms with Gasteiger partial charge in [0.15, 0.2) is 23.3 Å². The zero-order valence-corrected chi connectivity index (χ0v) is 29.0. The SMILES string of the molecule is N#Cc1ccccc1-c1ccc(-c2ccccc2-c2nc(-c3ccccc3)nc3ccccc23)cc1-c1nc(-c2ccccc2)nc(-c2ccccc2)n1. The molecule has 0 aliphatic heterocycles. The van der Waals surface area contributed by atoms with E-state index in [2.05, 4.69) is 42.5 Å². The lowest BCUT2D eigenvalue weighted by atomic mass is 9.90. The lowest BCUT2D eigenvalue weighted by molar-refractivity contribution is 1.07.